The molecule has 0 spiro atoms. The molecule has 3 nitrogen and oxygen atoms in total. The maximum Gasteiger partial charge on any atom is 0.244 e. The van der Waals surface area contributed by atoms with Crippen LogP contribution in [0.3, 0.4) is 0 Å². The van der Waals surface area contributed by atoms with Crippen molar-refractivity contribution in [1.29, 1.82) is 0 Å². The molecule has 220 valence electrons. The summed E-state index contributed by atoms with van der Waals surface area (Å²) in [7, 11) is 0. The fourth-order valence-electron chi connectivity index (χ4n) is 4.81. The Bertz CT molecular complexity index is 1780. The van der Waals surface area contributed by atoms with Gasteiger partial charge in [-0.25, -0.2) is 9.13 Å². The predicted molar refractivity (Wildman–Crippen MR) is 182 cm³/mol. The minimum absolute atomic E-state index is 0.256. The Morgan fingerprint density at radius 2 is 1.23 bits per heavy atom. The zero-order chi connectivity index (χ0) is 30.1. The fraction of sp³-hybridized carbons (Fsp3) is 0.108. The Kier molecular flexibility index (Phi) is 10.4. The first-order valence-electron chi connectivity index (χ1n) is 14.3. The third-order valence-corrected chi connectivity index (χ3v) is 9.65. The Balaban J connectivity index is 1.11. The van der Waals surface area contributed by atoms with Crippen LogP contribution in [0.5, 0.6) is 0 Å². The van der Waals surface area contributed by atoms with E-state index < -0.39 is 0 Å². The van der Waals surface area contributed by atoms with Crippen molar-refractivity contribution in [3.05, 3.63) is 173 Å². The first kappa shape index (κ1) is 30.6. The topological polar surface area (TPSA) is 18.0 Å². The molecule has 44 heavy (non-hydrogen) atoms. The van der Waals surface area contributed by atoms with Gasteiger partial charge in [-0.1, -0.05) is 113 Å². The molecule has 1 atom stereocenters. The molecule has 7 heteroatoms. The van der Waals surface area contributed by atoms with Gasteiger partial charge in [0.1, 0.15) is 31.6 Å². The third-order valence-electron chi connectivity index (χ3n) is 7.05. The number of ether oxygens (including phenoxy) is 1. The van der Waals surface area contributed by atoms with Crippen molar-refractivity contribution < 1.29 is 9.30 Å². The van der Waals surface area contributed by atoms with Gasteiger partial charge >= 0.3 is 0 Å². The maximum absolute atomic E-state index is 6.66. The molecule has 0 aliphatic heterocycles. The normalized spacial score (nSPS) is 11.9. The molecule has 0 N–H and O–H groups in total. The van der Waals surface area contributed by atoms with Gasteiger partial charge in [-0.2, -0.15) is 0 Å². The van der Waals surface area contributed by atoms with Gasteiger partial charge in [-0.05, 0) is 71.8 Å². The average molecular weight is 655 g/mol. The molecule has 0 saturated carbocycles. The number of imidazole rings is 1. The van der Waals surface area contributed by atoms with Crippen molar-refractivity contribution >= 4 is 46.7 Å². The number of benzene rings is 5. The van der Waals surface area contributed by atoms with Crippen molar-refractivity contribution in [2.75, 3.05) is 0 Å². The number of rotatable bonds is 12. The Hall–Kier alpha value is -3.45. The van der Waals surface area contributed by atoms with Crippen LogP contribution in [0.1, 0.15) is 22.8 Å². The molecule has 6 aromatic rings. The second kappa shape index (κ2) is 15.0. The summed E-state index contributed by atoms with van der Waals surface area (Å²) < 4.78 is 10.9. The molecule has 0 aliphatic carbocycles. The summed E-state index contributed by atoms with van der Waals surface area (Å²) >= 11 is 16.4. The van der Waals surface area contributed by atoms with E-state index in [2.05, 4.69) is 125 Å². The SMILES string of the molecule is Clc1ccc([C@@H](Cn2cc[n+](Cc3ccc(Sc4ccccc4)cc3)c2)OCc2ccc(Sc3ccccc3)cc2)c(Cl)c1. The Labute approximate surface area is 277 Å². The van der Waals surface area contributed by atoms with Crippen LogP contribution in [0.2, 0.25) is 10.0 Å². The quantitative estimate of drug-likeness (QED) is 0.122. The summed E-state index contributed by atoms with van der Waals surface area (Å²) in [6.45, 7) is 1.86. The van der Waals surface area contributed by atoms with Gasteiger partial charge in [0.05, 0.1) is 6.61 Å². The lowest BCUT2D eigenvalue weighted by molar-refractivity contribution is -0.687. The summed E-state index contributed by atoms with van der Waals surface area (Å²) in [4.78, 5) is 4.88. The Morgan fingerprint density at radius 3 is 1.82 bits per heavy atom. The van der Waals surface area contributed by atoms with E-state index >= 15 is 0 Å². The molecule has 0 aliphatic rings. The zero-order valence-electron chi connectivity index (χ0n) is 23.9. The van der Waals surface area contributed by atoms with Gasteiger partial charge in [0.15, 0.2) is 0 Å². The van der Waals surface area contributed by atoms with E-state index in [0.29, 0.717) is 23.2 Å². The van der Waals surface area contributed by atoms with Crippen LogP contribution in [0, 0.1) is 0 Å². The minimum Gasteiger partial charge on any atom is -0.365 e. The fourth-order valence-corrected chi connectivity index (χ4v) is 7.01. The molecule has 0 bridgehead atoms. The third kappa shape index (κ3) is 8.59. The van der Waals surface area contributed by atoms with E-state index in [0.717, 1.165) is 17.7 Å². The molecule has 5 aromatic carbocycles. The number of hydrogen-bond donors (Lipinski definition) is 0. The van der Waals surface area contributed by atoms with Crippen molar-refractivity contribution in [2.45, 2.75) is 45.4 Å². The monoisotopic (exact) mass is 653 g/mol. The summed E-state index contributed by atoms with van der Waals surface area (Å²) in [5.41, 5.74) is 3.26. The number of aromatic nitrogens is 2. The summed E-state index contributed by atoms with van der Waals surface area (Å²) in [5.74, 6) is 0. The number of hydrogen-bond acceptors (Lipinski definition) is 3. The highest BCUT2D eigenvalue weighted by atomic mass is 35.5. The number of halogens is 2. The lowest BCUT2D eigenvalue weighted by atomic mass is 10.1. The van der Waals surface area contributed by atoms with E-state index in [-0.39, 0.29) is 6.10 Å². The highest BCUT2D eigenvalue weighted by Crippen LogP contribution is 2.32. The van der Waals surface area contributed by atoms with Crippen LogP contribution < -0.4 is 4.57 Å². The predicted octanol–water partition coefficient (Wildman–Crippen LogP) is 10.4. The molecule has 1 heterocycles. The van der Waals surface area contributed by atoms with Crippen LogP contribution >= 0.6 is 46.7 Å². The van der Waals surface area contributed by atoms with Gasteiger partial charge in [0.2, 0.25) is 6.33 Å². The molecule has 0 unspecified atom stereocenters. The average Bonchev–Trinajstić information content (AvgIpc) is 3.49. The van der Waals surface area contributed by atoms with Crippen LogP contribution in [0.4, 0.5) is 0 Å². The van der Waals surface area contributed by atoms with Gasteiger partial charge in [0, 0.05) is 35.2 Å². The second-order valence-corrected chi connectivity index (χ2v) is 13.5. The smallest absolute Gasteiger partial charge is 0.244 e. The maximum atomic E-state index is 6.66. The van der Waals surface area contributed by atoms with E-state index in [1.54, 1.807) is 29.6 Å². The first-order chi connectivity index (χ1) is 21.6. The van der Waals surface area contributed by atoms with Gasteiger partial charge in [0.25, 0.3) is 0 Å². The van der Waals surface area contributed by atoms with Crippen molar-refractivity contribution in [3.63, 3.8) is 0 Å². The van der Waals surface area contributed by atoms with Gasteiger partial charge < -0.3 is 4.74 Å². The first-order valence-corrected chi connectivity index (χ1v) is 16.7. The molecular weight excluding hydrogens is 623 g/mol. The second-order valence-electron chi connectivity index (χ2n) is 10.4. The van der Waals surface area contributed by atoms with Gasteiger partial charge in [-0.3, -0.25) is 0 Å². The summed E-state index contributed by atoms with van der Waals surface area (Å²) in [6.07, 6.45) is 6.03. The summed E-state index contributed by atoms with van der Waals surface area (Å²) in [5, 5.41) is 1.21. The van der Waals surface area contributed by atoms with E-state index in [1.807, 2.05) is 24.3 Å². The Morgan fingerprint density at radius 1 is 0.659 bits per heavy atom. The molecule has 0 saturated heterocycles. The highest BCUT2D eigenvalue weighted by molar-refractivity contribution is 7.99. The highest BCUT2D eigenvalue weighted by Gasteiger charge is 2.20. The molecule has 0 amide bonds. The van der Waals surface area contributed by atoms with E-state index in [9.17, 15) is 0 Å². The number of nitrogens with zero attached hydrogens (tertiary/aromatic N) is 2. The van der Waals surface area contributed by atoms with E-state index in [1.165, 1.54) is 25.1 Å². The lowest BCUT2D eigenvalue weighted by Gasteiger charge is -2.18. The molecule has 1 aromatic heterocycles. The van der Waals surface area contributed by atoms with Crippen molar-refractivity contribution in [2.24, 2.45) is 0 Å². The van der Waals surface area contributed by atoms with Crippen LogP contribution in [-0.2, 0) is 24.4 Å². The largest absolute Gasteiger partial charge is 0.365 e. The standard InChI is InChI=1S/C37H31Cl2N2OS2/c38-30-15-20-35(36(39)23-30)37(42-26-29-13-18-34(19-14-29)44-32-9-5-2-6-10-32)25-41-22-21-40(27-41)24-28-11-16-33(17-12-28)43-31-7-3-1-4-8-31/h1-23,27,37H,24-26H2/q+1/t37-/m1/s1. The van der Waals surface area contributed by atoms with Crippen molar-refractivity contribution in [1.82, 2.24) is 4.57 Å². The minimum atomic E-state index is -0.256. The summed E-state index contributed by atoms with van der Waals surface area (Å²) in [6, 6.07) is 43.7. The molecule has 6 rings (SSSR count). The van der Waals surface area contributed by atoms with E-state index in [4.69, 9.17) is 27.9 Å². The molecule has 0 fully saturated rings. The molecular formula is C37H31Cl2N2OS2+. The van der Waals surface area contributed by atoms with Crippen molar-refractivity contribution in [3.8, 4) is 0 Å². The zero-order valence-corrected chi connectivity index (χ0v) is 27.1. The lowest BCUT2D eigenvalue weighted by Crippen LogP contribution is -2.31. The van der Waals surface area contributed by atoms with Crippen LogP contribution in [0.25, 0.3) is 0 Å². The molecule has 0 radical (unpaired) electrons. The van der Waals surface area contributed by atoms with Crippen LogP contribution in [0.15, 0.2) is 166 Å². The van der Waals surface area contributed by atoms with Gasteiger partial charge in [-0.15, -0.1) is 0 Å². The van der Waals surface area contributed by atoms with Crippen LogP contribution in [-0.4, -0.2) is 4.57 Å².